The molecule has 0 saturated carbocycles. The number of aliphatic hydroxyl groups is 2. The van der Waals surface area contributed by atoms with Crippen LogP contribution in [0.15, 0.2) is 66.7 Å². The average Bonchev–Trinajstić information content (AvgIpc) is 3.55. The van der Waals surface area contributed by atoms with Crippen molar-refractivity contribution in [2.24, 2.45) is 5.92 Å². The Morgan fingerprint density at radius 2 is 1.78 bits per heavy atom. The smallest absolute Gasteiger partial charge is 0.264 e. The molecule has 0 radical (unpaired) electrons. The lowest BCUT2D eigenvalue weighted by Crippen LogP contribution is -2.49. The van der Waals surface area contributed by atoms with Crippen LogP contribution in [-0.2, 0) is 37.7 Å². The molecule has 0 bridgehead atoms. The molecule has 1 saturated heterocycles. The van der Waals surface area contributed by atoms with E-state index in [0.717, 1.165) is 23.2 Å². The number of nitrogens with zero attached hydrogens (tertiary/aromatic N) is 3. The number of unbranched alkanes of at least 4 members (excludes halogenated alkanes) is 1. The molecule has 3 aromatic carbocycles. The largest absolute Gasteiger partial charge is 0.494 e. The summed E-state index contributed by atoms with van der Waals surface area (Å²) in [7, 11) is -1.37. The highest BCUT2D eigenvalue weighted by Gasteiger charge is 2.66. The van der Waals surface area contributed by atoms with Crippen LogP contribution in [0.4, 0.5) is 17.1 Å². The monoisotopic (exact) mass is 758 g/mol. The molecule has 54 heavy (non-hydrogen) atoms. The number of hydrogen-bond acceptors (Lipinski definition) is 9. The van der Waals surface area contributed by atoms with Crippen molar-refractivity contribution >= 4 is 43.1 Å². The number of rotatable bonds is 15. The van der Waals surface area contributed by atoms with Crippen LogP contribution in [0.2, 0.25) is 18.6 Å². The fourth-order valence-electron chi connectivity index (χ4n) is 8.75. The molecule has 3 amide bonds. The quantitative estimate of drug-likeness (QED) is 0.132. The van der Waals surface area contributed by atoms with Gasteiger partial charge in [-0.1, -0.05) is 37.3 Å². The van der Waals surface area contributed by atoms with Gasteiger partial charge < -0.3 is 39.6 Å². The lowest BCUT2D eigenvalue weighted by Gasteiger charge is -2.36. The van der Waals surface area contributed by atoms with Gasteiger partial charge in [0.2, 0.25) is 11.8 Å². The minimum Gasteiger partial charge on any atom is -0.494 e. The van der Waals surface area contributed by atoms with Crippen molar-refractivity contribution in [3.8, 4) is 5.75 Å². The van der Waals surface area contributed by atoms with E-state index in [1.807, 2.05) is 93.7 Å². The summed E-state index contributed by atoms with van der Waals surface area (Å²) in [6.45, 7) is 8.86. The van der Waals surface area contributed by atoms with Gasteiger partial charge in [-0.2, -0.15) is 0 Å². The number of fused-ring (bicyclic) bond motifs is 3. The van der Waals surface area contributed by atoms with Crippen molar-refractivity contribution in [1.29, 1.82) is 0 Å². The summed E-state index contributed by atoms with van der Waals surface area (Å²) in [5, 5.41) is 22.6. The molecular weight excluding hydrogens is 705 g/mol. The molecule has 1 unspecified atom stereocenters. The Labute approximate surface area is 318 Å². The summed E-state index contributed by atoms with van der Waals surface area (Å²) < 4.78 is 12.7. The number of likely N-dealkylation sites (N-methyl/N-ethyl adjacent to an activating group) is 1. The molecule has 4 N–H and O–H groups in total. The van der Waals surface area contributed by atoms with Gasteiger partial charge >= 0.3 is 0 Å². The summed E-state index contributed by atoms with van der Waals surface area (Å²) in [5.41, 5.74) is 2.38. The minimum absolute atomic E-state index is 0.0730. The SMILES string of the molecule is CCOc1ccc2c(c1)CC(NCCCCO)C(=O)N2c1ccc2c(c1)[C@@]1(O[C@H](CC(=O)N(CCO)Cc3ccccc3)[C@@H]([Si](C)(C)O)[C@@H]1C)C(=O)N2C. The zero-order valence-electron chi connectivity index (χ0n) is 32.0. The first kappa shape index (κ1) is 39.6. The van der Waals surface area contributed by atoms with E-state index < -0.39 is 37.5 Å². The molecule has 12 nitrogen and oxygen atoms in total. The first-order chi connectivity index (χ1) is 25.8. The maximum Gasteiger partial charge on any atom is 0.264 e. The number of nitrogens with one attached hydrogen (secondary N) is 1. The van der Waals surface area contributed by atoms with Gasteiger partial charge in [0.1, 0.15) is 5.75 Å². The van der Waals surface area contributed by atoms with Gasteiger partial charge in [-0.3, -0.25) is 19.3 Å². The average molecular weight is 759 g/mol. The molecule has 3 heterocycles. The van der Waals surface area contributed by atoms with Crippen molar-refractivity contribution in [3.63, 3.8) is 0 Å². The second-order valence-electron chi connectivity index (χ2n) is 15.2. The van der Waals surface area contributed by atoms with Crippen LogP contribution < -0.4 is 19.9 Å². The van der Waals surface area contributed by atoms with Gasteiger partial charge in [-0.05, 0) is 93.4 Å². The van der Waals surface area contributed by atoms with Gasteiger partial charge in [0.15, 0.2) is 13.9 Å². The molecule has 3 aromatic rings. The van der Waals surface area contributed by atoms with Crippen LogP contribution in [0.3, 0.4) is 0 Å². The van der Waals surface area contributed by atoms with E-state index in [1.54, 1.807) is 21.7 Å². The van der Waals surface area contributed by atoms with E-state index in [1.165, 1.54) is 0 Å². The van der Waals surface area contributed by atoms with Crippen LogP contribution in [-0.4, -0.2) is 98.1 Å². The Morgan fingerprint density at radius 3 is 2.46 bits per heavy atom. The van der Waals surface area contributed by atoms with E-state index in [2.05, 4.69) is 5.32 Å². The van der Waals surface area contributed by atoms with Crippen LogP contribution in [0.5, 0.6) is 5.75 Å². The highest BCUT2D eigenvalue weighted by atomic mass is 28.4. The van der Waals surface area contributed by atoms with Crippen LogP contribution in [0, 0.1) is 5.92 Å². The molecule has 1 fully saturated rings. The highest BCUT2D eigenvalue weighted by Crippen LogP contribution is 2.60. The molecule has 5 atom stereocenters. The Balaban J connectivity index is 1.38. The van der Waals surface area contributed by atoms with Crippen LogP contribution >= 0.6 is 0 Å². The second kappa shape index (κ2) is 16.3. The van der Waals surface area contributed by atoms with E-state index in [9.17, 15) is 29.4 Å². The third-order valence-corrected chi connectivity index (χ3v) is 13.7. The standard InChI is InChI=1S/C41H54N4O8Si/c1-6-52-31-15-17-34-29(22-31)23-33(42-18-10-11-20-46)39(49)45(34)30-14-16-35-32(24-30)41(40(50)43(35)3)27(2)38(54(4,5)51)36(53-41)25-37(48)44(19-21-47)26-28-12-8-7-9-13-28/h7-9,12-17,22,24,27,33,36,38,42,46-47,51H,6,10-11,18-21,23,25-26H2,1-5H3/t27-,33?,36+,38-,41+/m0/s1. The molecule has 1 spiro atoms. The molecule has 3 aliphatic rings. The first-order valence-corrected chi connectivity index (χ1v) is 22.1. The van der Waals surface area contributed by atoms with Crippen molar-refractivity contribution in [3.05, 3.63) is 83.4 Å². The Bertz CT molecular complexity index is 1840. The number of ether oxygens (including phenoxy) is 2. The van der Waals surface area contributed by atoms with Crippen molar-refractivity contribution in [1.82, 2.24) is 10.2 Å². The lowest BCUT2D eigenvalue weighted by atomic mass is 9.82. The van der Waals surface area contributed by atoms with Gasteiger partial charge in [-0.15, -0.1) is 0 Å². The van der Waals surface area contributed by atoms with Crippen molar-refractivity contribution in [2.45, 2.75) is 82.5 Å². The third kappa shape index (κ3) is 7.45. The van der Waals surface area contributed by atoms with Crippen LogP contribution in [0.1, 0.15) is 49.8 Å². The summed E-state index contributed by atoms with van der Waals surface area (Å²) in [6.07, 6.45) is 0.965. The van der Waals surface area contributed by atoms with Crippen LogP contribution in [0.25, 0.3) is 0 Å². The molecule has 0 aromatic heterocycles. The molecule has 3 aliphatic heterocycles. The van der Waals surface area contributed by atoms with Gasteiger partial charge in [0.25, 0.3) is 5.91 Å². The summed E-state index contributed by atoms with van der Waals surface area (Å²) >= 11 is 0. The topological polar surface area (TPSA) is 152 Å². The zero-order valence-corrected chi connectivity index (χ0v) is 33.0. The number of carbonyl (C=O) groups excluding carboxylic acids is 3. The normalized spacial score (nSPS) is 23.6. The van der Waals surface area contributed by atoms with Crippen molar-refractivity contribution in [2.75, 3.05) is 49.8 Å². The van der Waals surface area contributed by atoms with Gasteiger partial charge in [0.05, 0.1) is 43.2 Å². The van der Waals surface area contributed by atoms with E-state index in [4.69, 9.17) is 9.47 Å². The Hall–Kier alpha value is -4.11. The summed E-state index contributed by atoms with van der Waals surface area (Å²) in [4.78, 5) is 59.5. The number of carbonyl (C=O) groups is 3. The van der Waals surface area contributed by atoms with E-state index in [-0.39, 0.29) is 43.9 Å². The zero-order chi connectivity index (χ0) is 38.8. The maximum absolute atomic E-state index is 14.5. The predicted molar refractivity (Wildman–Crippen MR) is 209 cm³/mol. The molecule has 13 heteroatoms. The minimum atomic E-state index is -3.07. The summed E-state index contributed by atoms with van der Waals surface area (Å²) in [5.74, 6) is -0.463. The van der Waals surface area contributed by atoms with E-state index in [0.29, 0.717) is 55.2 Å². The van der Waals surface area contributed by atoms with Gasteiger partial charge in [-0.25, -0.2) is 0 Å². The molecule has 0 aliphatic carbocycles. The number of aliphatic hydroxyl groups excluding tert-OH is 2. The van der Waals surface area contributed by atoms with E-state index >= 15 is 0 Å². The Morgan fingerprint density at radius 1 is 1.04 bits per heavy atom. The molecule has 6 rings (SSSR count). The van der Waals surface area contributed by atoms with Gasteiger partial charge in [0, 0.05) is 49.5 Å². The Kier molecular flexibility index (Phi) is 12.0. The number of amides is 3. The number of benzene rings is 3. The third-order valence-electron chi connectivity index (χ3n) is 11.2. The predicted octanol–water partition coefficient (Wildman–Crippen LogP) is 4.22. The second-order valence-corrected chi connectivity index (χ2v) is 19.2. The lowest BCUT2D eigenvalue weighted by molar-refractivity contribution is -0.149. The fraction of sp³-hybridized carbons (Fsp3) is 0.488. The number of hydrogen-bond donors (Lipinski definition) is 4. The number of anilines is 3. The maximum atomic E-state index is 14.5. The first-order valence-electron chi connectivity index (χ1n) is 19.0. The fourth-order valence-corrected chi connectivity index (χ4v) is 11.3. The highest BCUT2D eigenvalue weighted by molar-refractivity contribution is 6.71. The van der Waals surface area contributed by atoms with Crippen molar-refractivity contribution < 1.29 is 38.9 Å². The molecular formula is C41H54N4O8Si. The molecule has 290 valence electrons. The summed E-state index contributed by atoms with van der Waals surface area (Å²) in [6, 6.07) is 20.3.